The Bertz CT molecular complexity index is 931. The van der Waals surface area contributed by atoms with Gasteiger partial charge in [0.05, 0.1) is 0 Å². The number of rotatable bonds is 4. The van der Waals surface area contributed by atoms with Crippen LogP contribution >= 0.6 is 0 Å². The van der Waals surface area contributed by atoms with E-state index < -0.39 is 0 Å². The zero-order valence-electron chi connectivity index (χ0n) is 16.2. The largest absolute Gasteiger partial charge is 0.372 e. The Morgan fingerprint density at radius 1 is 1.07 bits per heavy atom. The van der Waals surface area contributed by atoms with Crippen molar-refractivity contribution in [1.29, 1.82) is 5.26 Å². The number of hydrogen-bond acceptors (Lipinski definition) is 3. The fourth-order valence-electron chi connectivity index (χ4n) is 3.44. The lowest BCUT2D eigenvalue weighted by Crippen LogP contribution is -2.17. The Balaban J connectivity index is 1.81. The average molecular weight is 359 g/mol. The van der Waals surface area contributed by atoms with Crippen molar-refractivity contribution in [1.82, 2.24) is 0 Å². The third-order valence-corrected chi connectivity index (χ3v) is 5.02. The van der Waals surface area contributed by atoms with Crippen LogP contribution < -0.4 is 10.2 Å². The maximum Gasteiger partial charge on any atom is 0.266 e. The van der Waals surface area contributed by atoms with Crippen LogP contribution in [0.3, 0.4) is 0 Å². The van der Waals surface area contributed by atoms with Crippen LogP contribution in [0.1, 0.15) is 35.1 Å². The Hall–Kier alpha value is -3.06. The zero-order valence-corrected chi connectivity index (χ0v) is 16.2. The number of anilines is 2. The van der Waals surface area contributed by atoms with Crippen LogP contribution in [0.2, 0.25) is 0 Å². The van der Waals surface area contributed by atoms with E-state index in [0.29, 0.717) is 0 Å². The molecule has 2 aromatic rings. The van der Waals surface area contributed by atoms with E-state index in [0.717, 1.165) is 41.0 Å². The number of carbonyl (C=O) groups is 1. The van der Waals surface area contributed by atoms with Gasteiger partial charge in [-0.25, -0.2) is 0 Å². The molecule has 1 fully saturated rings. The zero-order chi connectivity index (χ0) is 19.4. The van der Waals surface area contributed by atoms with Crippen LogP contribution in [0, 0.1) is 32.1 Å². The Labute approximate surface area is 161 Å². The topological polar surface area (TPSA) is 56.1 Å². The molecule has 1 aliphatic heterocycles. The van der Waals surface area contributed by atoms with Crippen molar-refractivity contribution >= 4 is 23.4 Å². The number of nitrogens with zero attached hydrogens (tertiary/aromatic N) is 2. The fourth-order valence-corrected chi connectivity index (χ4v) is 3.44. The fraction of sp³-hybridized carbons (Fsp3) is 0.304. The third-order valence-electron chi connectivity index (χ3n) is 5.02. The molecule has 0 bridgehead atoms. The van der Waals surface area contributed by atoms with Gasteiger partial charge in [0.15, 0.2) is 0 Å². The highest BCUT2D eigenvalue weighted by molar-refractivity contribution is 6.10. The summed E-state index contributed by atoms with van der Waals surface area (Å²) < 4.78 is 0. The minimum absolute atomic E-state index is 0.104. The molecule has 1 N–H and O–H groups in total. The summed E-state index contributed by atoms with van der Waals surface area (Å²) in [7, 11) is 0. The van der Waals surface area contributed by atoms with E-state index in [1.54, 1.807) is 6.08 Å². The molecular weight excluding hydrogens is 334 g/mol. The maximum atomic E-state index is 12.6. The van der Waals surface area contributed by atoms with E-state index in [1.807, 2.05) is 51.1 Å². The van der Waals surface area contributed by atoms with Crippen LogP contribution in [-0.2, 0) is 4.79 Å². The highest BCUT2D eigenvalue weighted by Crippen LogP contribution is 2.24. The Morgan fingerprint density at radius 2 is 1.81 bits per heavy atom. The SMILES string of the molecule is Cc1ccc(NC(=O)/C(C#N)=C\c2ccc(N3CCCC3)cc2C)c(C)c1. The van der Waals surface area contributed by atoms with Crippen molar-refractivity contribution < 1.29 is 4.79 Å². The van der Waals surface area contributed by atoms with Gasteiger partial charge >= 0.3 is 0 Å². The van der Waals surface area contributed by atoms with Crippen molar-refractivity contribution in [2.24, 2.45) is 0 Å². The predicted molar refractivity (Wildman–Crippen MR) is 111 cm³/mol. The van der Waals surface area contributed by atoms with Crippen molar-refractivity contribution in [2.45, 2.75) is 33.6 Å². The number of hydrogen-bond donors (Lipinski definition) is 1. The summed E-state index contributed by atoms with van der Waals surface area (Å²) in [5, 5.41) is 12.3. The summed E-state index contributed by atoms with van der Waals surface area (Å²) in [5.74, 6) is -0.382. The van der Waals surface area contributed by atoms with Crippen LogP contribution in [-0.4, -0.2) is 19.0 Å². The lowest BCUT2D eigenvalue weighted by atomic mass is 10.0. The first-order chi connectivity index (χ1) is 13.0. The number of nitrogens with one attached hydrogen (secondary N) is 1. The summed E-state index contributed by atoms with van der Waals surface area (Å²) in [6.45, 7) is 8.16. The second-order valence-corrected chi connectivity index (χ2v) is 7.18. The van der Waals surface area contributed by atoms with E-state index in [-0.39, 0.29) is 11.5 Å². The summed E-state index contributed by atoms with van der Waals surface area (Å²) >= 11 is 0. The minimum atomic E-state index is -0.382. The van der Waals surface area contributed by atoms with Gasteiger partial charge < -0.3 is 10.2 Å². The maximum absolute atomic E-state index is 12.6. The molecule has 0 aromatic heterocycles. The molecule has 0 radical (unpaired) electrons. The van der Waals surface area contributed by atoms with E-state index in [4.69, 9.17) is 0 Å². The van der Waals surface area contributed by atoms with Crippen LogP contribution in [0.25, 0.3) is 6.08 Å². The van der Waals surface area contributed by atoms with Gasteiger partial charge in [-0.2, -0.15) is 5.26 Å². The summed E-state index contributed by atoms with van der Waals surface area (Å²) in [5.41, 5.74) is 6.11. The first kappa shape index (κ1) is 18.7. The summed E-state index contributed by atoms with van der Waals surface area (Å²) in [6, 6.07) is 14.1. The second-order valence-electron chi connectivity index (χ2n) is 7.18. The van der Waals surface area contributed by atoms with Crippen LogP contribution in [0.4, 0.5) is 11.4 Å². The van der Waals surface area contributed by atoms with Gasteiger partial charge in [-0.3, -0.25) is 4.79 Å². The van der Waals surface area contributed by atoms with Gasteiger partial charge in [0.25, 0.3) is 5.91 Å². The molecule has 0 spiro atoms. The van der Waals surface area contributed by atoms with Gasteiger partial charge in [-0.05, 0) is 74.6 Å². The predicted octanol–water partition coefficient (Wildman–Crippen LogP) is 4.76. The lowest BCUT2D eigenvalue weighted by molar-refractivity contribution is -0.112. The molecule has 0 unspecified atom stereocenters. The van der Waals surface area contributed by atoms with Crippen molar-refractivity contribution in [2.75, 3.05) is 23.3 Å². The van der Waals surface area contributed by atoms with E-state index >= 15 is 0 Å². The molecule has 1 amide bonds. The van der Waals surface area contributed by atoms with Crippen LogP contribution in [0.5, 0.6) is 0 Å². The first-order valence-corrected chi connectivity index (χ1v) is 9.34. The summed E-state index contributed by atoms with van der Waals surface area (Å²) in [4.78, 5) is 14.9. The highest BCUT2D eigenvalue weighted by atomic mass is 16.1. The van der Waals surface area contributed by atoms with Crippen molar-refractivity contribution in [3.63, 3.8) is 0 Å². The monoisotopic (exact) mass is 359 g/mol. The smallest absolute Gasteiger partial charge is 0.266 e. The molecule has 138 valence electrons. The molecule has 1 aliphatic rings. The number of nitriles is 1. The highest BCUT2D eigenvalue weighted by Gasteiger charge is 2.14. The Kier molecular flexibility index (Phi) is 5.61. The molecule has 27 heavy (non-hydrogen) atoms. The molecular formula is C23H25N3O. The normalized spacial score (nSPS) is 14.1. The number of carbonyl (C=O) groups excluding carboxylic acids is 1. The van der Waals surface area contributed by atoms with Gasteiger partial charge in [-0.15, -0.1) is 0 Å². The van der Waals surface area contributed by atoms with E-state index in [2.05, 4.69) is 22.3 Å². The molecule has 3 rings (SSSR count). The molecule has 0 aliphatic carbocycles. The standard InChI is InChI=1S/C23H25N3O/c1-16-6-9-22(18(3)12-16)25-23(27)20(15-24)14-19-7-8-21(13-17(19)2)26-10-4-5-11-26/h6-9,12-14H,4-5,10-11H2,1-3H3,(H,25,27)/b20-14-. The molecule has 4 nitrogen and oxygen atoms in total. The average Bonchev–Trinajstić information content (AvgIpc) is 3.17. The lowest BCUT2D eigenvalue weighted by Gasteiger charge is -2.18. The van der Waals surface area contributed by atoms with Crippen molar-refractivity contribution in [3.05, 3.63) is 64.2 Å². The third kappa shape index (κ3) is 4.38. The van der Waals surface area contributed by atoms with Crippen LogP contribution in [0.15, 0.2) is 42.0 Å². The molecule has 4 heteroatoms. The van der Waals surface area contributed by atoms with Crippen molar-refractivity contribution in [3.8, 4) is 6.07 Å². The second kappa shape index (κ2) is 8.09. The molecule has 1 heterocycles. The molecule has 1 saturated heterocycles. The first-order valence-electron chi connectivity index (χ1n) is 9.34. The minimum Gasteiger partial charge on any atom is -0.372 e. The quantitative estimate of drug-likeness (QED) is 0.633. The number of aryl methyl sites for hydroxylation is 3. The van der Waals surface area contributed by atoms with Gasteiger partial charge in [0.1, 0.15) is 11.6 Å². The Morgan fingerprint density at radius 3 is 2.44 bits per heavy atom. The van der Waals surface area contributed by atoms with Gasteiger partial charge in [0, 0.05) is 24.5 Å². The van der Waals surface area contributed by atoms with E-state index in [1.165, 1.54) is 18.5 Å². The number of benzene rings is 2. The molecule has 0 saturated carbocycles. The molecule has 2 aromatic carbocycles. The van der Waals surface area contributed by atoms with E-state index in [9.17, 15) is 10.1 Å². The molecule has 0 atom stereocenters. The van der Waals surface area contributed by atoms with Gasteiger partial charge in [0.2, 0.25) is 0 Å². The number of amides is 1. The van der Waals surface area contributed by atoms with Gasteiger partial charge in [-0.1, -0.05) is 23.8 Å². The summed E-state index contributed by atoms with van der Waals surface area (Å²) in [6.07, 6.45) is 4.14.